The highest BCUT2D eigenvalue weighted by Gasteiger charge is 2.38. The van der Waals surface area contributed by atoms with Gasteiger partial charge in [-0.15, -0.1) is 0 Å². The minimum Gasteiger partial charge on any atom is -0.497 e. The van der Waals surface area contributed by atoms with Crippen LogP contribution in [0.5, 0.6) is 5.75 Å². The van der Waals surface area contributed by atoms with Crippen LogP contribution < -0.4 is 25.8 Å². The van der Waals surface area contributed by atoms with Gasteiger partial charge in [0.15, 0.2) is 0 Å². The van der Waals surface area contributed by atoms with E-state index in [9.17, 15) is 32.3 Å². The lowest BCUT2D eigenvalue weighted by atomic mass is 10.0. The zero-order valence-corrected chi connectivity index (χ0v) is 31.2. The number of para-hydroxylation sites is 1. The van der Waals surface area contributed by atoms with Gasteiger partial charge in [0, 0.05) is 18.0 Å². The Labute approximate surface area is 313 Å². The fraction of sp³-hybridized carbons (Fsp3) is 0.231. The number of carbonyl (C=O) groups is 3. The second-order valence-corrected chi connectivity index (χ2v) is 16.9. The minimum atomic E-state index is -4.72. The normalized spacial score (nSPS) is 14.3. The van der Waals surface area contributed by atoms with E-state index in [1.54, 1.807) is 72.8 Å². The topological polar surface area (TPSA) is 207 Å². The van der Waals surface area contributed by atoms with Crippen molar-refractivity contribution >= 4 is 46.0 Å². The zero-order valence-electron chi connectivity index (χ0n) is 29.5. The van der Waals surface area contributed by atoms with Crippen LogP contribution in [-0.2, 0) is 48.2 Å². The molecule has 3 amide bonds. The Morgan fingerprint density at radius 1 is 0.815 bits per heavy atom. The molecule has 0 radical (unpaired) electrons. The SMILES string of the molecule is COc1cccc(C[C@H](NC(=O)CP(=O)(O)C(Cc2ccccc2)NS(=O)(=O)c2cccc3cccnc23)C(=O)N[C@@H](CCc2ccccc2)C(N)=O)c1. The predicted molar refractivity (Wildman–Crippen MR) is 205 cm³/mol. The van der Waals surface area contributed by atoms with Gasteiger partial charge in [0.1, 0.15) is 34.7 Å². The van der Waals surface area contributed by atoms with Gasteiger partial charge in [-0.2, -0.15) is 4.72 Å². The molecule has 282 valence electrons. The molecular weight excluding hydrogens is 729 g/mol. The molecule has 6 N–H and O–H groups in total. The number of aromatic nitrogens is 1. The number of ether oxygens (including phenoxy) is 1. The molecule has 0 saturated heterocycles. The number of benzene rings is 4. The molecular formula is C39H42N5O8PS. The number of amides is 3. The van der Waals surface area contributed by atoms with Crippen molar-refractivity contribution in [2.24, 2.45) is 5.73 Å². The number of nitrogens with one attached hydrogen (secondary N) is 3. The smallest absolute Gasteiger partial charge is 0.243 e. The molecule has 1 aromatic heterocycles. The molecule has 0 fully saturated rings. The summed E-state index contributed by atoms with van der Waals surface area (Å²) in [6.45, 7) is 0. The van der Waals surface area contributed by atoms with Crippen LogP contribution in [0.3, 0.4) is 0 Å². The summed E-state index contributed by atoms with van der Waals surface area (Å²) in [5, 5.41) is 5.73. The number of pyridine rings is 1. The van der Waals surface area contributed by atoms with E-state index in [1.165, 1.54) is 25.4 Å². The van der Waals surface area contributed by atoms with Crippen LogP contribution in [0.15, 0.2) is 126 Å². The summed E-state index contributed by atoms with van der Waals surface area (Å²) in [7, 11) is -7.69. The number of hydrogen-bond donors (Lipinski definition) is 5. The van der Waals surface area contributed by atoms with Gasteiger partial charge in [-0.25, -0.2) is 8.42 Å². The summed E-state index contributed by atoms with van der Waals surface area (Å²) in [6, 6.07) is 30.1. The van der Waals surface area contributed by atoms with Gasteiger partial charge >= 0.3 is 0 Å². The van der Waals surface area contributed by atoms with Crippen LogP contribution in [-0.4, -0.2) is 67.2 Å². The van der Waals surface area contributed by atoms with Crippen LogP contribution in [0.2, 0.25) is 0 Å². The molecule has 0 saturated carbocycles. The third kappa shape index (κ3) is 10.8. The second-order valence-electron chi connectivity index (χ2n) is 12.7. The number of carbonyl (C=O) groups excluding carboxylic acids is 3. The molecule has 2 unspecified atom stereocenters. The molecule has 0 aliphatic rings. The Kier molecular flexibility index (Phi) is 13.3. The molecule has 5 rings (SSSR count). The maximum Gasteiger partial charge on any atom is 0.243 e. The van der Waals surface area contributed by atoms with Crippen LogP contribution in [0.25, 0.3) is 10.9 Å². The van der Waals surface area contributed by atoms with Crippen LogP contribution in [0.1, 0.15) is 23.1 Å². The summed E-state index contributed by atoms with van der Waals surface area (Å²) >= 11 is 0. The number of aryl methyl sites for hydroxylation is 1. The standard InChI is InChI=1S/C39H42N5O8PS/c1-52-31-18-8-15-29(23-31)24-33(39(47)43-32(38(40)46)21-20-27-11-4-2-5-12-27)42-35(45)26-53(48,49)36(25-28-13-6-3-7-14-28)44-54(50,51)34-19-9-16-30-17-10-22-41-37(30)34/h2-19,22-23,32-33,36,44H,20-21,24-26H2,1H3,(H2,40,46)(H,42,45)(H,43,47)(H,48,49)/t32-,33-,36?/m0/s1. The average Bonchev–Trinajstić information content (AvgIpc) is 3.16. The van der Waals surface area contributed by atoms with Gasteiger partial charge in [0.05, 0.1) is 12.6 Å². The van der Waals surface area contributed by atoms with Gasteiger partial charge in [-0.1, -0.05) is 91.0 Å². The number of primary amides is 1. The summed E-state index contributed by atoms with van der Waals surface area (Å²) in [6.07, 6.45) is 0.720. The Morgan fingerprint density at radius 2 is 1.46 bits per heavy atom. The number of nitrogens with zero attached hydrogens (tertiary/aromatic N) is 1. The van der Waals surface area contributed by atoms with Gasteiger partial charge < -0.3 is 26.0 Å². The average molecular weight is 772 g/mol. The number of methoxy groups -OCH3 is 1. The van der Waals surface area contributed by atoms with Crippen LogP contribution in [0.4, 0.5) is 0 Å². The van der Waals surface area contributed by atoms with Crippen molar-refractivity contribution in [2.75, 3.05) is 13.3 Å². The van der Waals surface area contributed by atoms with Crippen molar-refractivity contribution in [1.29, 1.82) is 0 Å². The summed E-state index contributed by atoms with van der Waals surface area (Å²) in [4.78, 5) is 55.4. The Hall–Kier alpha value is -5.40. The van der Waals surface area contributed by atoms with Crippen LogP contribution >= 0.6 is 7.37 Å². The summed E-state index contributed by atoms with van der Waals surface area (Å²) in [5.74, 6) is -3.66. The van der Waals surface area contributed by atoms with E-state index in [-0.39, 0.29) is 29.7 Å². The molecule has 4 atom stereocenters. The van der Waals surface area contributed by atoms with Gasteiger partial charge in [-0.05, 0) is 60.2 Å². The zero-order chi connectivity index (χ0) is 38.7. The fourth-order valence-electron chi connectivity index (χ4n) is 5.95. The Morgan fingerprint density at radius 3 is 2.15 bits per heavy atom. The largest absolute Gasteiger partial charge is 0.497 e. The van der Waals surface area contributed by atoms with Gasteiger partial charge in [-0.3, -0.25) is 23.9 Å². The van der Waals surface area contributed by atoms with Gasteiger partial charge in [0.2, 0.25) is 35.1 Å². The highest BCUT2D eigenvalue weighted by Crippen LogP contribution is 2.47. The summed E-state index contributed by atoms with van der Waals surface area (Å²) in [5.41, 5.74) is 7.87. The highest BCUT2D eigenvalue weighted by atomic mass is 32.2. The van der Waals surface area contributed by atoms with Crippen molar-refractivity contribution in [3.05, 3.63) is 138 Å². The molecule has 15 heteroatoms. The van der Waals surface area contributed by atoms with E-state index < -0.39 is 59.1 Å². The third-order valence-electron chi connectivity index (χ3n) is 8.76. The lowest BCUT2D eigenvalue weighted by molar-refractivity contribution is -0.130. The van der Waals surface area contributed by atoms with Crippen molar-refractivity contribution in [3.8, 4) is 5.75 Å². The highest BCUT2D eigenvalue weighted by molar-refractivity contribution is 7.90. The first-order valence-corrected chi connectivity index (χ1v) is 20.5. The predicted octanol–water partition coefficient (Wildman–Crippen LogP) is 3.69. The molecule has 13 nitrogen and oxygen atoms in total. The third-order valence-corrected chi connectivity index (χ3v) is 12.5. The first-order chi connectivity index (χ1) is 25.8. The van der Waals surface area contributed by atoms with Crippen molar-refractivity contribution in [3.63, 3.8) is 0 Å². The first-order valence-electron chi connectivity index (χ1n) is 17.1. The lowest BCUT2D eigenvalue weighted by Gasteiger charge is -2.26. The lowest BCUT2D eigenvalue weighted by Crippen LogP contribution is -2.54. The number of hydrogen-bond acceptors (Lipinski definition) is 8. The molecule has 0 bridgehead atoms. The minimum absolute atomic E-state index is 0.0805. The van der Waals surface area contributed by atoms with Crippen molar-refractivity contribution in [1.82, 2.24) is 20.3 Å². The number of nitrogens with two attached hydrogens (primary N) is 1. The van der Waals surface area contributed by atoms with E-state index in [2.05, 4.69) is 20.3 Å². The number of rotatable bonds is 18. The molecule has 1 heterocycles. The Balaban J connectivity index is 1.39. The molecule has 0 spiro atoms. The molecule has 4 aromatic carbocycles. The monoisotopic (exact) mass is 771 g/mol. The van der Waals surface area contributed by atoms with Crippen molar-refractivity contribution < 1.29 is 37.0 Å². The first kappa shape index (κ1) is 39.8. The second kappa shape index (κ2) is 18.1. The van der Waals surface area contributed by atoms with Gasteiger partial charge in [0.25, 0.3) is 0 Å². The molecule has 0 aliphatic heterocycles. The molecule has 54 heavy (non-hydrogen) atoms. The molecule has 0 aliphatic carbocycles. The van der Waals surface area contributed by atoms with E-state index in [0.717, 1.165) is 5.56 Å². The summed E-state index contributed by atoms with van der Waals surface area (Å²) < 4.78 is 49.5. The maximum atomic E-state index is 14.2. The van der Waals surface area contributed by atoms with E-state index in [1.807, 2.05) is 30.3 Å². The molecule has 5 aromatic rings. The fourth-order valence-corrected chi connectivity index (χ4v) is 9.50. The van der Waals surface area contributed by atoms with E-state index in [0.29, 0.717) is 28.7 Å². The number of fused-ring (bicyclic) bond motifs is 1. The maximum absolute atomic E-state index is 14.2. The van der Waals surface area contributed by atoms with E-state index in [4.69, 9.17) is 10.5 Å². The Bertz CT molecular complexity index is 2240. The van der Waals surface area contributed by atoms with E-state index >= 15 is 0 Å². The quantitative estimate of drug-likeness (QED) is 0.0823. The van der Waals surface area contributed by atoms with Crippen molar-refractivity contribution in [2.45, 2.75) is 48.4 Å². The number of sulfonamides is 1. The van der Waals surface area contributed by atoms with Crippen LogP contribution in [0, 0.1) is 0 Å².